The number of aromatic nitrogens is 1. The minimum absolute atomic E-state index is 0.267. The number of guanidine groups is 1. The molecule has 22 heavy (non-hydrogen) atoms. The highest BCUT2D eigenvalue weighted by Crippen LogP contribution is 2.10. The van der Waals surface area contributed by atoms with Crippen molar-refractivity contribution in [3.8, 4) is 0 Å². The van der Waals surface area contributed by atoms with E-state index in [0.717, 1.165) is 24.1 Å². The lowest BCUT2D eigenvalue weighted by Crippen LogP contribution is -2.45. The van der Waals surface area contributed by atoms with Gasteiger partial charge in [0.15, 0.2) is 15.8 Å². The van der Waals surface area contributed by atoms with E-state index < -0.39 is 9.84 Å². The molecule has 2 heterocycles. The van der Waals surface area contributed by atoms with Crippen LogP contribution in [0.5, 0.6) is 0 Å². The molecule has 9 heteroatoms. The van der Waals surface area contributed by atoms with Crippen molar-refractivity contribution in [1.82, 2.24) is 20.5 Å². The summed E-state index contributed by atoms with van der Waals surface area (Å²) in [6.07, 6.45) is 1.86. The van der Waals surface area contributed by atoms with E-state index in [2.05, 4.69) is 25.5 Å². The van der Waals surface area contributed by atoms with Crippen LogP contribution in [-0.2, 0) is 16.4 Å². The molecule has 7 nitrogen and oxygen atoms in total. The molecule has 1 aliphatic heterocycles. The fourth-order valence-electron chi connectivity index (χ4n) is 2.17. The van der Waals surface area contributed by atoms with Gasteiger partial charge in [0.2, 0.25) is 0 Å². The van der Waals surface area contributed by atoms with Crippen LogP contribution in [0.3, 0.4) is 0 Å². The second-order valence-corrected chi connectivity index (χ2v) is 8.83. The van der Waals surface area contributed by atoms with Gasteiger partial charge >= 0.3 is 0 Å². The largest absolute Gasteiger partial charge is 0.355 e. The van der Waals surface area contributed by atoms with Crippen molar-refractivity contribution in [3.05, 3.63) is 16.1 Å². The Morgan fingerprint density at radius 3 is 2.73 bits per heavy atom. The number of hydrogen-bond acceptors (Lipinski definition) is 6. The lowest BCUT2D eigenvalue weighted by molar-refractivity contribution is 0.299. The van der Waals surface area contributed by atoms with Crippen molar-refractivity contribution in [2.24, 2.45) is 4.99 Å². The maximum Gasteiger partial charge on any atom is 0.191 e. The summed E-state index contributed by atoms with van der Waals surface area (Å²) >= 11 is 1.67. The molecule has 0 amide bonds. The Morgan fingerprint density at radius 2 is 2.14 bits per heavy atom. The number of aliphatic imine (C=N–C) groups is 1. The topological polar surface area (TPSA) is 86.7 Å². The van der Waals surface area contributed by atoms with Gasteiger partial charge < -0.3 is 10.6 Å². The van der Waals surface area contributed by atoms with Gasteiger partial charge in [-0.25, -0.2) is 13.4 Å². The van der Waals surface area contributed by atoms with Crippen LogP contribution in [0, 0.1) is 6.92 Å². The third-order valence-electron chi connectivity index (χ3n) is 3.46. The molecule has 1 aromatic heterocycles. The van der Waals surface area contributed by atoms with E-state index >= 15 is 0 Å². The molecule has 0 saturated carbocycles. The lowest BCUT2D eigenvalue weighted by atomic mass is 10.4. The minimum Gasteiger partial charge on any atom is -0.355 e. The third kappa shape index (κ3) is 5.54. The molecule has 2 N–H and O–H groups in total. The minimum atomic E-state index is -2.80. The van der Waals surface area contributed by atoms with Crippen molar-refractivity contribution >= 4 is 27.1 Å². The van der Waals surface area contributed by atoms with Crippen molar-refractivity contribution in [3.63, 3.8) is 0 Å². The van der Waals surface area contributed by atoms with Crippen LogP contribution in [0.1, 0.15) is 9.88 Å². The summed E-state index contributed by atoms with van der Waals surface area (Å²) in [4.78, 5) is 11.8. The quantitative estimate of drug-likeness (QED) is 0.570. The van der Waals surface area contributed by atoms with Crippen molar-refractivity contribution in [2.75, 3.05) is 44.7 Å². The molecule has 0 atom stereocenters. The Bertz CT molecular complexity index is 598. The summed E-state index contributed by atoms with van der Waals surface area (Å²) in [6, 6.07) is 0. The van der Waals surface area contributed by atoms with Crippen molar-refractivity contribution in [2.45, 2.75) is 13.5 Å². The first kappa shape index (κ1) is 17.2. The number of sulfone groups is 1. The van der Waals surface area contributed by atoms with Crippen LogP contribution >= 0.6 is 11.3 Å². The highest BCUT2D eigenvalue weighted by atomic mass is 32.2. The third-order valence-corrected chi connectivity index (χ3v) is 5.98. The van der Waals surface area contributed by atoms with Crippen molar-refractivity contribution < 1.29 is 8.42 Å². The Morgan fingerprint density at radius 1 is 1.41 bits per heavy atom. The van der Waals surface area contributed by atoms with Crippen LogP contribution in [0.4, 0.5) is 0 Å². The Kier molecular flexibility index (Phi) is 6.16. The second kappa shape index (κ2) is 7.89. The summed E-state index contributed by atoms with van der Waals surface area (Å²) < 4.78 is 22.7. The van der Waals surface area contributed by atoms with Gasteiger partial charge in [0, 0.05) is 44.3 Å². The summed E-state index contributed by atoms with van der Waals surface area (Å²) in [6.45, 7) is 5.47. The smallest absolute Gasteiger partial charge is 0.191 e. The van der Waals surface area contributed by atoms with E-state index in [9.17, 15) is 8.42 Å². The van der Waals surface area contributed by atoms with Gasteiger partial charge in [0.25, 0.3) is 0 Å². The number of aryl methyl sites for hydroxylation is 1. The molecule has 1 aromatic rings. The van der Waals surface area contributed by atoms with Gasteiger partial charge in [-0.2, -0.15) is 0 Å². The Labute approximate surface area is 135 Å². The summed E-state index contributed by atoms with van der Waals surface area (Å²) in [5.41, 5.74) is 0. The van der Waals surface area contributed by atoms with Crippen molar-refractivity contribution in [1.29, 1.82) is 0 Å². The molecular weight excluding hydrogens is 322 g/mol. The zero-order valence-electron chi connectivity index (χ0n) is 13.0. The van der Waals surface area contributed by atoms with Crippen LogP contribution in [0.2, 0.25) is 0 Å². The Hall–Kier alpha value is -1.19. The molecule has 0 radical (unpaired) electrons. The van der Waals surface area contributed by atoms with Gasteiger partial charge in [-0.1, -0.05) is 0 Å². The number of nitrogens with zero attached hydrogens (tertiary/aromatic N) is 3. The molecule has 1 aliphatic rings. The highest BCUT2D eigenvalue weighted by molar-refractivity contribution is 7.91. The molecular formula is C13H23N5O2S2. The van der Waals surface area contributed by atoms with Gasteiger partial charge in [-0.05, 0) is 6.92 Å². The van der Waals surface area contributed by atoms with Gasteiger partial charge in [0.1, 0.15) is 5.01 Å². The fraction of sp³-hybridized carbons (Fsp3) is 0.692. The van der Waals surface area contributed by atoms with Crippen LogP contribution in [0.25, 0.3) is 0 Å². The molecule has 124 valence electrons. The predicted molar refractivity (Wildman–Crippen MR) is 90.1 cm³/mol. The predicted octanol–water partition coefficient (Wildman–Crippen LogP) is -0.153. The summed E-state index contributed by atoms with van der Waals surface area (Å²) in [5, 5.41) is 7.49. The zero-order valence-corrected chi connectivity index (χ0v) is 14.6. The lowest BCUT2D eigenvalue weighted by Gasteiger charge is -2.26. The van der Waals surface area contributed by atoms with Gasteiger partial charge in [0.05, 0.1) is 18.1 Å². The molecule has 1 fully saturated rings. The standard InChI is InChI=1S/C13H23N5O2S2/c1-11-9-16-12(21-11)10-17-13(14-2)15-3-4-18-5-7-22(19,20)8-6-18/h9H,3-8,10H2,1-2H3,(H2,14,15,17). The SMILES string of the molecule is CN=C(NCCN1CCS(=O)(=O)CC1)NCc1ncc(C)s1. The maximum absolute atomic E-state index is 11.4. The van der Waals surface area contributed by atoms with E-state index in [4.69, 9.17) is 0 Å². The Balaban J connectivity index is 1.66. The van der Waals surface area contributed by atoms with E-state index in [0.29, 0.717) is 19.6 Å². The van der Waals surface area contributed by atoms with Gasteiger partial charge in [-0.15, -0.1) is 11.3 Å². The number of thiazole rings is 1. The second-order valence-electron chi connectivity index (χ2n) is 5.21. The molecule has 0 spiro atoms. The molecule has 0 bridgehead atoms. The van der Waals surface area contributed by atoms with E-state index in [1.165, 1.54) is 4.88 Å². The molecule has 1 saturated heterocycles. The number of rotatable bonds is 5. The first-order valence-corrected chi connectivity index (χ1v) is 9.91. The van der Waals surface area contributed by atoms with Crippen LogP contribution in [0.15, 0.2) is 11.2 Å². The van der Waals surface area contributed by atoms with Crippen LogP contribution in [-0.4, -0.2) is 69.0 Å². The zero-order chi connectivity index (χ0) is 16.0. The molecule has 0 aromatic carbocycles. The first-order valence-electron chi connectivity index (χ1n) is 7.27. The van der Waals surface area contributed by atoms with E-state index in [1.807, 2.05) is 13.1 Å². The molecule has 0 aliphatic carbocycles. The fourth-order valence-corrected chi connectivity index (χ4v) is 4.17. The maximum atomic E-state index is 11.4. The highest BCUT2D eigenvalue weighted by Gasteiger charge is 2.20. The monoisotopic (exact) mass is 345 g/mol. The van der Waals surface area contributed by atoms with Crippen LogP contribution < -0.4 is 10.6 Å². The normalized spacial score (nSPS) is 19.1. The average molecular weight is 345 g/mol. The summed E-state index contributed by atoms with van der Waals surface area (Å²) in [7, 11) is -1.07. The number of hydrogen-bond donors (Lipinski definition) is 2. The van der Waals surface area contributed by atoms with E-state index in [1.54, 1.807) is 18.4 Å². The van der Waals surface area contributed by atoms with E-state index in [-0.39, 0.29) is 11.5 Å². The first-order chi connectivity index (χ1) is 10.5. The van der Waals surface area contributed by atoms with Gasteiger partial charge in [-0.3, -0.25) is 9.89 Å². The number of nitrogens with one attached hydrogen (secondary N) is 2. The summed E-state index contributed by atoms with van der Waals surface area (Å²) in [5.74, 6) is 1.27. The molecule has 0 unspecified atom stereocenters. The average Bonchev–Trinajstić information content (AvgIpc) is 2.90. The molecule has 2 rings (SSSR count).